The minimum Gasteiger partial charge on any atom is -0.369 e. The molecule has 0 atom stereocenters. The summed E-state index contributed by atoms with van der Waals surface area (Å²) in [6, 6.07) is 9.04. The molecule has 1 aliphatic carbocycles. The Morgan fingerprint density at radius 1 is 1.11 bits per heavy atom. The molecule has 0 N–H and O–H groups in total. The van der Waals surface area contributed by atoms with E-state index in [-0.39, 0.29) is 0 Å². The Balaban J connectivity index is 1.71. The highest BCUT2D eigenvalue weighted by Crippen LogP contribution is 2.29. The first-order valence-electron chi connectivity index (χ1n) is 6.46. The maximum absolute atomic E-state index is 9.01. The molecule has 1 heterocycles. The van der Waals surface area contributed by atoms with E-state index in [9.17, 15) is 0 Å². The van der Waals surface area contributed by atoms with E-state index < -0.39 is 0 Å². The number of nitrogens with zero attached hydrogens (tertiary/aromatic N) is 3. The van der Waals surface area contributed by atoms with Gasteiger partial charge in [-0.15, -0.1) is 0 Å². The number of halogens is 1. The van der Waals surface area contributed by atoms with Crippen LogP contribution >= 0.6 is 15.9 Å². The van der Waals surface area contributed by atoms with Crippen molar-refractivity contribution in [2.75, 3.05) is 31.1 Å². The van der Waals surface area contributed by atoms with Crippen LogP contribution in [-0.4, -0.2) is 37.1 Å². The van der Waals surface area contributed by atoms with E-state index in [0.29, 0.717) is 0 Å². The van der Waals surface area contributed by atoms with Crippen molar-refractivity contribution in [3.8, 4) is 6.07 Å². The fourth-order valence-corrected chi connectivity index (χ4v) is 3.09. The van der Waals surface area contributed by atoms with E-state index in [2.05, 4.69) is 37.9 Å². The summed E-state index contributed by atoms with van der Waals surface area (Å²) >= 11 is 3.48. The second kappa shape index (κ2) is 4.91. The van der Waals surface area contributed by atoms with Crippen LogP contribution in [-0.2, 0) is 0 Å². The number of hydrogen-bond acceptors (Lipinski definition) is 3. The van der Waals surface area contributed by atoms with E-state index in [1.54, 1.807) is 0 Å². The van der Waals surface area contributed by atoms with Gasteiger partial charge in [0.1, 0.15) is 0 Å². The highest BCUT2D eigenvalue weighted by atomic mass is 79.9. The van der Waals surface area contributed by atoms with Gasteiger partial charge in [-0.05, 0) is 31.0 Å². The molecule has 18 heavy (non-hydrogen) atoms. The lowest BCUT2D eigenvalue weighted by molar-refractivity contribution is 0.248. The monoisotopic (exact) mass is 305 g/mol. The van der Waals surface area contributed by atoms with Gasteiger partial charge in [-0.1, -0.05) is 15.9 Å². The third-order valence-electron chi connectivity index (χ3n) is 3.75. The molecule has 0 unspecified atom stereocenters. The van der Waals surface area contributed by atoms with Crippen molar-refractivity contribution in [2.45, 2.75) is 18.9 Å². The van der Waals surface area contributed by atoms with Crippen LogP contribution in [0.3, 0.4) is 0 Å². The Morgan fingerprint density at radius 2 is 1.83 bits per heavy atom. The van der Waals surface area contributed by atoms with Gasteiger partial charge < -0.3 is 4.90 Å². The second-order valence-corrected chi connectivity index (χ2v) is 5.98. The Hall–Kier alpha value is -1.05. The molecule has 0 amide bonds. The third-order valence-corrected chi connectivity index (χ3v) is 4.21. The van der Waals surface area contributed by atoms with E-state index >= 15 is 0 Å². The first kappa shape index (κ1) is 12.0. The zero-order chi connectivity index (χ0) is 12.5. The average Bonchev–Trinajstić information content (AvgIpc) is 3.22. The summed E-state index contributed by atoms with van der Waals surface area (Å²) in [6.45, 7) is 4.44. The highest BCUT2D eigenvalue weighted by molar-refractivity contribution is 9.10. The van der Waals surface area contributed by atoms with Gasteiger partial charge in [0.05, 0.1) is 11.6 Å². The van der Waals surface area contributed by atoms with Crippen LogP contribution in [0.15, 0.2) is 22.7 Å². The van der Waals surface area contributed by atoms with Crippen LogP contribution in [0.4, 0.5) is 5.69 Å². The number of anilines is 1. The summed E-state index contributed by atoms with van der Waals surface area (Å²) in [4.78, 5) is 4.98. The van der Waals surface area contributed by atoms with Gasteiger partial charge in [-0.2, -0.15) is 5.26 Å². The number of benzene rings is 1. The quantitative estimate of drug-likeness (QED) is 0.841. The molecule has 1 aromatic rings. The lowest BCUT2D eigenvalue weighted by atomic mass is 10.2. The number of rotatable bonds is 2. The summed E-state index contributed by atoms with van der Waals surface area (Å²) in [7, 11) is 0. The molecule has 2 fully saturated rings. The Labute approximate surface area is 116 Å². The van der Waals surface area contributed by atoms with Crippen molar-refractivity contribution in [3.05, 3.63) is 28.2 Å². The SMILES string of the molecule is N#Cc1cc(Br)cc(N2CCN(C3CC3)CC2)c1. The van der Waals surface area contributed by atoms with Gasteiger partial charge in [0.25, 0.3) is 0 Å². The van der Waals surface area contributed by atoms with Gasteiger partial charge in [0.15, 0.2) is 0 Å². The third kappa shape index (κ3) is 2.52. The Morgan fingerprint density at radius 3 is 2.44 bits per heavy atom. The topological polar surface area (TPSA) is 30.3 Å². The molecule has 1 saturated heterocycles. The summed E-state index contributed by atoms with van der Waals surface area (Å²) in [5.74, 6) is 0. The van der Waals surface area contributed by atoms with E-state index in [1.807, 2.05) is 12.1 Å². The van der Waals surface area contributed by atoms with Gasteiger partial charge in [0.2, 0.25) is 0 Å². The second-order valence-electron chi connectivity index (χ2n) is 5.06. The first-order valence-corrected chi connectivity index (χ1v) is 7.25. The van der Waals surface area contributed by atoms with Crippen LogP contribution in [0.25, 0.3) is 0 Å². The number of piperazine rings is 1. The fraction of sp³-hybridized carbons (Fsp3) is 0.500. The minimum absolute atomic E-state index is 0.726. The molecule has 1 aromatic carbocycles. The molecule has 1 aliphatic heterocycles. The van der Waals surface area contributed by atoms with E-state index in [4.69, 9.17) is 5.26 Å². The van der Waals surface area contributed by atoms with Crippen molar-refractivity contribution in [3.63, 3.8) is 0 Å². The maximum atomic E-state index is 9.01. The van der Waals surface area contributed by atoms with Gasteiger partial charge in [0, 0.05) is 42.4 Å². The molecule has 0 radical (unpaired) electrons. The lowest BCUT2D eigenvalue weighted by Gasteiger charge is -2.36. The summed E-state index contributed by atoms with van der Waals surface area (Å²) in [5.41, 5.74) is 1.89. The molecule has 0 spiro atoms. The predicted molar refractivity (Wildman–Crippen MR) is 75.7 cm³/mol. The van der Waals surface area contributed by atoms with Crippen LogP contribution in [0, 0.1) is 11.3 Å². The molecule has 0 bridgehead atoms. The number of nitriles is 1. The van der Waals surface area contributed by atoms with Crippen molar-refractivity contribution in [1.29, 1.82) is 5.26 Å². The standard InChI is InChI=1S/C14H16BrN3/c15-12-7-11(10-16)8-14(9-12)18-5-3-17(4-6-18)13-1-2-13/h7-9,13H,1-6H2. The Kier molecular flexibility index (Phi) is 3.27. The molecular formula is C14H16BrN3. The number of hydrogen-bond donors (Lipinski definition) is 0. The van der Waals surface area contributed by atoms with Crippen LogP contribution in [0.1, 0.15) is 18.4 Å². The molecular weight excluding hydrogens is 290 g/mol. The molecule has 94 valence electrons. The fourth-order valence-electron chi connectivity index (χ4n) is 2.61. The first-order chi connectivity index (χ1) is 8.76. The zero-order valence-corrected chi connectivity index (χ0v) is 11.9. The normalized spacial score (nSPS) is 20.8. The van der Waals surface area contributed by atoms with Gasteiger partial charge in [-0.3, -0.25) is 4.90 Å². The van der Waals surface area contributed by atoms with Crippen molar-refractivity contribution in [1.82, 2.24) is 4.90 Å². The highest BCUT2D eigenvalue weighted by Gasteiger charge is 2.31. The smallest absolute Gasteiger partial charge is 0.0992 e. The lowest BCUT2D eigenvalue weighted by Crippen LogP contribution is -2.47. The van der Waals surface area contributed by atoms with Gasteiger partial charge in [-0.25, -0.2) is 0 Å². The molecule has 0 aromatic heterocycles. The Bertz CT molecular complexity index is 482. The molecule has 3 rings (SSSR count). The van der Waals surface area contributed by atoms with Crippen molar-refractivity contribution >= 4 is 21.6 Å². The van der Waals surface area contributed by atoms with Crippen LogP contribution in [0.5, 0.6) is 0 Å². The van der Waals surface area contributed by atoms with Gasteiger partial charge >= 0.3 is 0 Å². The van der Waals surface area contributed by atoms with Crippen molar-refractivity contribution < 1.29 is 0 Å². The molecule has 1 saturated carbocycles. The largest absolute Gasteiger partial charge is 0.369 e. The van der Waals surface area contributed by atoms with Crippen LogP contribution < -0.4 is 4.90 Å². The van der Waals surface area contributed by atoms with Crippen molar-refractivity contribution in [2.24, 2.45) is 0 Å². The molecule has 4 heteroatoms. The van der Waals surface area contributed by atoms with Crippen LogP contribution in [0.2, 0.25) is 0 Å². The predicted octanol–water partition coefficient (Wildman–Crippen LogP) is 2.61. The summed E-state index contributed by atoms with van der Waals surface area (Å²) in [6.07, 6.45) is 2.77. The average molecular weight is 306 g/mol. The minimum atomic E-state index is 0.726. The van der Waals surface area contributed by atoms with E-state index in [0.717, 1.165) is 47.9 Å². The van der Waals surface area contributed by atoms with E-state index in [1.165, 1.54) is 12.8 Å². The zero-order valence-electron chi connectivity index (χ0n) is 10.3. The molecule has 2 aliphatic rings. The maximum Gasteiger partial charge on any atom is 0.0992 e. The molecule has 3 nitrogen and oxygen atoms in total. The summed E-state index contributed by atoms with van der Waals surface area (Å²) in [5, 5.41) is 9.01. The summed E-state index contributed by atoms with van der Waals surface area (Å²) < 4.78 is 0.987.